The molecule has 114 valence electrons. The first-order chi connectivity index (χ1) is 9.25. The molecule has 0 amide bonds. The number of rotatable bonds is 6. The topological polar surface area (TPSA) is 64.7 Å². The average Bonchev–Trinajstić information content (AvgIpc) is 2.37. The van der Waals surface area contributed by atoms with E-state index in [0.717, 1.165) is 13.0 Å². The van der Waals surface area contributed by atoms with Gasteiger partial charge in [-0.15, -0.1) is 0 Å². The molecule has 2 atom stereocenters. The number of hydrogen-bond donors (Lipinski definition) is 2. The average molecular weight is 293 g/mol. The number of aliphatic hydroxyl groups is 1. The van der Waals surface area contributed by atoms with Gasteiger partial charge in [-0.2, -0.15) is 13.2 Å². The minimum atomic E-state index is -4.91. The van der Waals surface area contributed by atoms with Crippen LogP contribution in [-0.2, 0) is 10.3 Å². The van der Waals surface area contributed by atoms with Gasteiger partial charge in [0.25, 0.3) is 0 Å². The highest BCUT2D eigenvalue weighted by Gasteiger charge is 2.58. The Kier molecular flexibility index (Phi) is 5.38. The van der Waals surface area contributed by atoms with Crippen LogP contribution in [0.2, 0.25) is 0 Å². The molecule has 1 aromatic carbocycles. The van der Waals surface area contributed by atoms with Gasteiger partial charge in [-0.05, 0) is 13.0 Å². The summed E-state index contributed by atoms with van der Waals surface area (Å²) in [6, 6.07) is 3.86. The number of hydrogen-bond acceptors (Lipinski definition) is 4. The lowest BCUT2D eigenvalue weighted by Crippen LogP contribution is -2.54. The van der Waals surface area contributed by atoms with Crippen LogP contribution in [0, 0.1) is 0 Å². The first kappa shape index (κ1) is 16.7. The normalized spacial score (nSPS) is 16.6. The summed E-state index contributed by atoms with van der Waals surface area (Å²) in [4.78, 5) is 0. The third-order valence-corrected chi connectivity index (χ3v) is 2.93. The van der Waals surface area contributed by atoms with E-state index in [1.807, 2.05) is 0 Å². The van der Waals surface area contributed by atoms with Crippen LogP contribution in [0.4, 0.5) is 13.2 Å². The van der Waals surface area contributed by atoms with Crippen LogP contribution < -0.4 is 10.5 Å². The van der Waals surface area contributed by atoms with E-state index in [9.17, 15) is 18.3 Å². The third-order valence-electron chi connectivity index (χ3n) is 2.93. The molecule has 0 aliphatic rings. The molecule has 1 rings (SSSR count). The largest absolute Gasteiger partial charge is 0.491 e. The number of halogens is 3. The Labute approximate surface area is 115 Å². The zero-order chi connectivity index (χ0) is 15.4. The van der Waals surface area contributed by atoms with E-state index in [1.165, 1.54) is 25.3 Å². The Morgan fingerprint density at radius 3 is 2.35 bits per heavy atom. The quantitative estimate of drug-likeness (QED) is 0.785. The van der Waals surface area contributed by atoms with Crippen molar-refractivity contribution in [3.8, 4) is 5.75 Å². The van der Waals surface area contributed by atoms with E-state index < -0.39 is 23.4 Å². The minimum Gasteiger partial charge on any atom is -0.491 e. The van der Waals surface area contributed by atoms with Crippen molar-refractivity contribution >= 4 is 0 Å². The molecule has 4 nitrogen and oxygen atoms in total. The molecule has 1 aromatic rings. The zero-order valence-corrected chi connectivity index (χ0v) is 11.3. The van der Waals surface area contributed by atoms with Crippen LogP contribution in [0.5, 0.6) is 5.75 Å². The SMILES string of the molecule is COCCOc1ccccc1C(O)(C(C)N)C(F)(F)F. The minimum absolute atomic E-state index is 0.0679. The maximum Gasteiger partial charge on any atom is 0.423 e. The van der Waals surface area contributed by atoms with E-state index in [1.54, 1.807) is 0 Å². The fraction of sp³-hybridized carbons (Fsp3) is 0.538. The Bertz CT molecular complexity index is 437. The number of nitrogens with two attached hydrogens (primary N) is 1. The van der Waals surface area contributed by atoms with Gasteiger partial charge in [0.15, 0.2) is 0 Å². The molecular weight excluding hydrogens is 275 g/mol. The maximum absolute atomic E-state index is 13.2. The molecule has 0 fully saturated rings. The molecule has 0 radical (unpaired) electrons. The van der Waals surface area contributed by atoms with Gasteiger partial charge in [0, 0.05) is 18.7 Å². The highest BCUT2D eigenvalue weighted by Crippen LogP contribution is 2.44. The molecule has 0 saturated heterocycles. The lowest BCUT2D eigenvalue weighted by atomic mass is 9.86. The van der Waals surface area contributed by atoms with Crippen molar-refractivity contribution in [2.75, 3.05) is 20.3 Å². The standard InChI is InChI=1S/C13H18F3NO3/c1-9(17)12(18,13(14,15)16)10-5-3-4-6-11(10)20-8-7-19-2/h3-6,9,18H,7-8,17H2,1-2H3. The van der Waals surface area contributed by atoms with Crippen LogP contribution in [0.1, 0.15) is 12.5 Å². The second-order valence-electron chi connectivity index (χ2n) is 4.39. The monoisotopic (exact) mass is 293 g/mol. The summed E-state index contributed by atoms with van der Waals surface area (Å²) in [5.74, 6) is -0.0679. The van der Waals surface area contributed by atoms with Crippen molar-refractivity contribution in [2.45, 2.75) is 24.7 Å². The van der Waals surface area contributed by atoms with Crippen LogP contribution in [0.15, 0.2) is 24.3 Å². The number of methoxy groups -OCH3 is 1. The van der Waals surface area contributed by atoms with Crippen molar-refractivity contribution in [1.29, 1.82) is 0 Å². The summed E-state index contributed by atoms with van der Waals surface area (Å²) in [7, 11) is 1.45. The highest BCUT2D eigenvalue weighted by molar-refractivity contribution is 5.40. The molecule has 3 N–H and O–H groups in total. The van der Waals surface area contributed by atoms with Gasteiger partial charge in [-0.25, -0.2) is 0 Å². The van der Waals surface area contributed by atoms with Gasteiger partial charge in [0.2, 0.25) is 5.60 Å². The number of benzene rings is 1. The zero-order valence-electron chi connectivity index (χ0n) is 11.3. The number of para-hydroxylation sites is 1. The predicted molar refractivity (Wildman–Crippen MR) is 67.4 cm³/mol. The molecule has 0 saturated carbocycles. The van der Waals surface area contributed by atoms with Crippen LogP contribution >= 0.6 is 0 Å². The summed E-state index contributed by atoms with van der Waals surface area (Å²) < 4.78 is 49.6. The Morgan fingerprint density at radius 2 is 1.85 bits per heavy atom. The summed E-state index contributed by atoms with van der Waals surface area (Å²) in [6.45, 7) is 1.39. The van der Waals surface area contributed by atoms with Crippen molar-refractivity contribution < 1.29 is 27.8 Å². The first-order valence-corrected chi connectivity index (χ1v) is 6.01. The van der Waals surface area contributed by atoms with Crippen molar-refractivity contribution in [2.24, 2.45) is 5.73 Å². The second kappa shape index (κ2) is 6.43. The predicted octanol–water partition coefficient (Wildman–Crippen LogP) is 1.81. The van der Waals surface area contributed by atoms with E-state index in [0.29, 0.717) is 0 Å². The first-order valence-electron chi connectivity index (χ1n) is 6.01. The number of alkyl halides is 3. The fourth-order valence-electron chi connectivity index (χ4n) is 1.80. The van der Waals surface area contributed by atoms with E-state index in [4.69, 9.17) is 15.2 Å². The molecule has 0 bridgehead atoms. The van der Waals surface area contributed by atoms with Gasteiger partial charge in [0.05, 0.1) is 6.61 Å². The Balaban J connectivity index is 3.21. The third kappa shape index (κ3) is 3.23. The van der Waals surface area contributed by atoms with Crippen molar-refractivity contribution in [3.05, 3.63) is 29.8 Å². The lowest BCUT2D eigenvalue weighted by molar-refractivity contribution is -0.273. The molecule has 0 aliphatic heterocycles. The molecule has 0 aromatic heterocycles. The van der Waals surface area contributed by atoms with Gasteiger partial charge in [-0.3, -0.25) is 0 Å². The second-order valence-corrected chi connectivity index (χ2v) is 4.39. The maximum atomic E-state index is 13.2. The summed E-state index contributed by atoms with van der Waals surface area (Å²) in [6.07, 6.45) is -4.91. The van der Waals surface area contributed by atoms with Gasteiger partial charge in [0.1, 0.15) is 12.4 Å². The molecule has 7 heteroatoms. The van der Waals surface area contributed by atoms with Gasteiger partial charge in [-0.1, -0.05) is 18.2 Å². The van der Waals surface area contributed by atoms with Crippen molar-refractivity contribution in [1.82, 2.24) is 0 Å². The molecule has 0 heterocycles. The summed E-state index contributed by atoms with van der Waals surface area (Å²) in [5, 5.41) is 10.1. The van der Waals surface area contributed by atoms with Gasteiger partial charge >= 0.3 is 6.18 Å². The van der Waals surface area contributed by atoms with E-state index >= 15 is 0 Å². The Morgan fingerprint density at radius 1 is 1.25 bits per heavy atom. The molecular formula is C13H18F3NO3. The summed E-state index contributed by atoms with van der Waals surface area (Å²) in [5.41, 5.74) is 1.79. The number of ether oxygens (including phenoxy) is 2. The summed E-state index contributed by atoms with van der Waals surface area (Å²) >= 11 is 0. The Hall–Kier alpha value is -1.31. The van der Waals surface area contributed by atoms with Crippen LogP contribution in [0.25, 0.3) is 0 Å². The fourth-order valence-corrected chi connectivity index (χ4v) is 1.80. The highest BCUT2D eigenvalue weighted by atomic mass is 19.4. The van der Waals surface area contributed by atoms with E-state index in [-0.39, 0.29) is 19.0 Å². The van der Waals surface area contributed by atoms with Gasteiger partial charge < -0.3 is 20.3 Å². The molecule has 2 unspecified atom stereocenters. The van der Waals surface area contributed by atoms with Crippen LogP contribution in [0.3, 0.4) is 0 Å². The van der Waals surface area contributed by atoms with E-state index in [2.05, 4.69) is 0 Å². The molecule has 0 spiro atoms. The molecule has 20 heavy (non-hydrogen) atoms. The lowest BCUT2D eigenvalue weighted by Gasteiger charge is -2.35. The molecule has 0 aliphatic carbocycles. The van der Waals surface area contributed by atoms with Crippen LogP contribution in [-0.4, -0.2) is 37.6 Å². The smallest absolute Gasteiger partial charge is 0.423 e. The van der Waals surface area contributed by atoms with Crippen molar-refractivity contribution in [3.63, 3.8) is 0 Å².